The maximum absolute atomic E-state index is 6.73. The number of amidine groups is 2. The molecule has 0 bridgehead atoms. The highest BCUT2D eigenvalue weighted by Crippen LogP contribution is 1.85. The fourth-order valence-electron chi connectivity index (χ4n) is 0. The normalized spacial score (nSPS) is 7.33. The maximum atomic E-state index is 6.73. The van der Waals surface area contributed by atoms with E-state index in [1.807, 2.05) is 27.7 Å². The summed E-state index contributed by atoms with van der Waals surface area (Å²) in [5.74, 6) is 0.944. The zero-order valence-corrected chi connectivity index (χ0v) is 11.3. The fraction of sp³-hybridized carbons (Fsp3) is 0.750. The van der Waals surface area contributed by atoms with Crippen molar-refractivity contribution < 1.29 is 5.48 Å². The van der Waals surface area contributed by atoms with Crippen molar-refractivity contribution >= 4 is 36.5 Å². The average Bonchev–Trinajstić information content (AvgIpc) is 1.88. The van der Waals surface area contributed by atoms with Gasteiger partial charge in [0.05, 0.1) is 11.7 Å². The minimum Gasteiger partial charge on any atom is -0.412 e. The summed E-state index contributed by atoms with van der Waals surface area (Å²) in [6.45, 7) is 7.56. The zero-order chi connectivity index (χ0) is 10.3. The molecule has 0 unspecified atom stereocenters. The van der Waals surface area contributed by atoms with Crippen molar-refractivity contribution in [3.63, 3.8) is 0 Å². The van der Waals surface area contributed by atoms with E-state index in [4.69, 9.17) is 22.3 Å². The predicted octanol–water partition coefficient (Wildman–Crippen LogP) is 1.18. The third-order valence-corrected chi connectivity index (χ3v) is 1.24. The van der Waals surface area contributed by atoms with Crippen LogP contribution in [-0.4, -0.2) is 17.1 Å². The number of hydrogen-bond donors (Lipinski definition) is 4. The molecule has 0 aromatic rings. The molecular formula is C8H24Cl2N4O. The first kappa shape index (κ1) is 29.3. The summed E-state index contributed by atoms with van der Waals surface area (Å²) in [7, 11) is 0. The van der Waals surface area contributed by atoms with E-state index in [-0.39, 0.29) is 53.8 Å². The molecule has 96 valence electrons. The van der Waals surface area contributed by atoms with Crippen LogP contribution in [0, 0.1) is 22.7 Å². The van der Waals surface area contributed by atoms with Crippen LogP contribution in [-0.2, 0) is 0 Å². The molecule has 0 saturated carbocycles. The number of rotatable bonds is 2. The van der Waals surface area contributed by atoms with Gasteiger partial charge in [-0.3, -0.25) is 10.8 Å². The van der Waals surface area contributed by atoms with Gasteiger partial charge in [-0.1, -0.05) is 27.7 Å². The second-order valence-corrected chi connectivity index (χ2v) is 3.22. The van der Waals surface area contributed by atoms with Gasteiger partial charge in [-0.15, -0.1) is 24.8 Å². The topological polar surface area (TPSA) is 131 Å². The van der Waals surface area contributed by atoms with Crippen molar-refractivity contribution in [2.24, 2.45) is 23.3 Å². The van der Waals surface area contributed by atoms with Gasteiger partial charge < -0.3 is 16.9 Å². The molecule has 0 aromatic carbocycles. The molecule has 0 aliphatic carbocycles. The van der Waals surface area contributed by atoms with E-state index in [9.17, 15) is 0 Å². The van der Waals surface area contributed by atoms with Gasteiger partial charge in [0, 0.05) is 11.8 Å². The SMILES string of the molecule is CC(C)C(=N)N.CC(C)C(=N)N.Cl.Cl.O. The third kappa shape index (κ3) is 31.8. The highest BCUT2D eigenvalue weighted by Gasteiger charge is 1.91. The molecule has 0 atom stereocenters. The van der Waals surface area contributed by atoms with Gasteiger partial charge in [-0.2, -0.15) is 0 Å². The standard InChI is InChI=1S/2C4H10N2.2ClH.H2O/c2*1-3(2)4(5)6;;;/h2*3H,1-2H3,(H3,5,6);2*1H;1H2. The van der Waals surface area contributed by atoms with E-state index in [0.29, 0.717) is 0 Å². The molecule has 0 rings (SSSR count). The summed E-state index contributed by atoms with van der Waals surface area (Å²) in [6, 6.07) is 0. The molecule has 0 fully saturated rings. The summed E-state index contributed by atoms with van der Waals surface area (Å²) in [4.78, 5) is 0. The molecule has 7 heteroatoms. The van der Waals surface area contributed by atoms with Crippen LogP contribution in [0.15, 0.2) is 0 Å². The summed E-state index contributed by atoms with van der Waals surface area (Å²) in [5.41, 5.74) is 10.0. The molecule has 0 radical (unpaired) electrons. The zero-order valence-electron chi connectivity index (χ0n) is 9.63. The Hall–Kier alpha value is -0.520. The molecule has 0 aromatic heterocycles. The molecular weight excluding hydrogens is 239 g/mol. The van der Waals surface area contributed by atoms with Crippen molar-refractivity contribution in [2.75, 3.05) is 0 Å². The first-order valence-corrected chi connectivity index (χ1v) is 3.96. The molecule has 0 aliphatic heterocycles. The average molecular weight is 263 g/mol. The highest BCUT2D eigenvalue weighted by molar-refractivity contribution is 5.85. The first-order chi connectivity index (χ1) is 5.29. The number of halogens is 2. The first-order valence-electron chi connectivity index (χ1n) is 3.96. The molecule has 0 spiro atoms. The Balaban J connectivity index is -0.0000000370. The number of nitrogens with two attached hydrogens (primary N) is 2. The molecule has 0 saturated heterocycles. The Morgan fingerprint density at radius 3 is 0.867 bits per heavy atom. The van der Waals surface area contributed by atoms with Crippen LogP contribution in [0.4, 0.5) is 0 Å². The monoisotopic (exact) mass is 262 g/mol. The van der Waals surface area contributed by atoms with Crippen LogP contribution < -0.4 is 11.5 Å². The summed E-state index contributed by atoms with van der Waals surface area (Å²) in [6.07, 6.45) is 0. The molecule has 5 nitrogen and oxygen atoms in total. The van der Waals surface area contributed by atoms with Gasteiger partial charge in [0.2, 0.25) is 0 Å². The van der Waals surface area contributed by atoms with E-state index in [2.05, 4.69) is 0 Å². The molecule has 0 aliphatic rings. The van der Waals surface area contributed by atoms with Crippen LogP contribution in [0.5, 0.6) is 0 Å². The molecule has 8 N–H and O–H groups in total. The third-order valence-electron chi connectivity index (χ3n) is 1.24. The Morgan fingerprint density at radius 2 is 0.867 bits per heavy atom. The van der Waals surface area contributed by atoms with E-state index in [0.717, 1.165) is 0 Å². The quantitative estimate of drug-likeness (QED) is 0.440. The van der Waals surface area contributed by atoms with Gasteiger partial charge >= 0.3 is 0 Å². The lowest BCUT2D eigenvalue weighted by Crippen LogP contribution is -2.16. The Bertz CT molecular complexity index is 145. The number of hydrogen-bond acceptors (Lipinski definition) is 2. The van der Waals surface area contributed by atoms with Crippen molar-refractivity contribution in [2.45, 2.75) is 27.7 Å². The summed E-state index contributed by atoms with van der Waals surface area (Å²) < 4.78 is 0. The van der Waals surface area contributed by atoms with Gasteiger partial charge in [0.15, 0.2) is 0 Å². The lowest BCUT2D eigenvalue weighted by molar-refractivity contribution is 0.824. The van der Waals surface area contributed by atoms with Crippen LogP contribution in [0.1, 0.15) is 27.7 Å². The van der Waals surface area contributed by atoms with Gasteiger partial charge in [-0.25, -0.2) is 0 Å². The molecule has 0 amide bonds. The Labute approximate surface area is 104 Å². The van der Waals surface area contributed by atoms with Crippen LogP contribution in [0.2, 0.25) is 0 Å². The summed E-state index contributed by atoms with van der Waals surface area (Å²) in [5, 5.41) is 13.5. The van der Waals surface area contributed by atoms with Crippen LogP contribution in [0.25, 0.3) is 0 Å². The second-order valence-electron chi connectivity index (χ2n) is 3.22. The van der Waals surface area contributed by atoms with Crippen molar-refractivity contribution in [1.82, 2.24) is 0 Å². The van der Waals surface area contributed by atoms with Crippen LogP contribution in [0.3, 0.4) is 0 Å². The predicted molar refractivity (Wildman–Crippen MR) is 71.6 cm³/mol. The van der Waals surface area contributed by atoms with E-state index < -0.39 is 0 Å². The van der Waals surface area contributed by atoms with Crippen molar-refractivity contribution in [1.29, 1.82) is 10.8 Å². The lowest BCUT2D eigenvalue weighted by Gasteiger charge is -1.95. The number of nitrogens with one attached hydrogen (secondary N) is 2. The fourth-order valence-corrected chi connectivity index (χ4v) is 0. The van der Waals surface area contributed by atoms with Gasteiger partial charge in [0.25, 0.3) is 0 Å². The maximum Gasteiger partial charge on any atom is 0.0931 e. The second kappa shape index (κ2) is 15.9. The Kier molecular flexibility index (Phi) is 31.1. The largest absolute Gasteiger partial charge is 0.412 e. The van der Waals surface area contributed by atoms with E-state index >= 15 is 0 Å². The van der Waals surface area contributed by atoms with E-state index in [1.54, 1.807) is 0 Å². The van der Waals surface area contributed by atoms with Crippen molar-refractivity contribution in [3.8, 4) is 0 Å². The Morgan fingerprint density at radius 1 is 0.800 bits per heavy atom. The highest BCUT2D eigenvalue weighted by atomic mass is 35.5. The molecule has 15 heavy (non-hydrogen) atoms. The van der Waals surface area contributed by atoms with Crippen LogP contribution >= 0.6 is 24.8 Å². The molecule has 0 heterocycles. The van der Waals surface area contributed by atoms with Crippen molar-refractivity contribution in [3.05, 3.63) is 0 Å². The van der Waals surface area contributed by atoms with Gasteiger partial charge in [-0.05, 0) is 0 Å². The minimum absolute atomic E-state index is 0. The van der Waals surface area contributed by atoms with E-state index in [1.165, 1.54) is 0 Å². The summed E-state index contributed by atoms with van der Waals surface area (Å²) >= 11 is 0. The minimum atomic E-state index is 0. The lowest BCUT2D eigenvalue weighted by atomic mass is 10.2. The van der Waals surface area contributed by atoms with Gasteiger partial charge in [0.1, 0.15) is 0 Å². The smallest absolute Gasteiger partial charge is 0.0931 e.